The van der Waals surface area contributed by atoms with Gasteiger partial charge in [-0.2, -0.15) is 0 Å². The van der Waals surface area contributed by atoms with Crippen molar-refractivity contribution in [2.45, 2.75) is 76.8 Å². The Morgan fingerprint density at radius 3 is 2.14 bits per heavy atom. The minimum absolute atomic E-state index is 0.0756. The fourth-order valence-corrected chi connectivity index (χ4v) is 4.82. The maximum absolute atomic E-state index is 13.2. The van der Waals surface area contributed by atoms with Crippen LogP contribution in [0.5, 0.6) is 0 Å². The van der Waals surface area contributed by atoms with Crippen LogP contribution in [-0.4, -0.2) is 41.3 Å². The fourth-order valence-electron chi connectivity index (χ4n) is 4.82. The van der Waals surface area contributed by atoms with Crippen LogP contribution in [-0.2, 0) is 14.3 Å². The molecule has 1 unspecified atom stereocenters. The number of ether oxygens (including phenoxy) is 1. The maximum atomic E-state index is 13.2. The van der Waals surface area contributed by atoms with Gasteiger partial charge in [-0.15, -0.1) is 0 Å². The van der Waals surface area contributed by atoms with Gasteiger partial charge in [-0.05, 0) is 42.0 Å². The highest BCUT2D eigenvalue weighted by atomic mass is 16.5. The standard InChI is InChI=1S/C28H36N2O5/c1-4-6-11-19(17-25(31)32)29-26(33)28(3,16-5-2)30-27(34)35-18-24-22-14-9-7-12-20(22)21-13-8-10-15-23(21)24/h7-10,12-15,19,24H,4-6,11,16-18H2,1-3H3,(H,29,33)(H,30,34)(H,31,32)/t19-,28?/m1/s1. The number of carboxylic acid groups (broad SMARTS) is 1. The highest BCUT2D eigenvalue weighted by molar-refractivity contribution is 5.90. The number of fused-ring (bicyclic) bond motifs is 3. The quantitative estimate of drug-likeness (QED) is 0.386. The topological polar surface area (TPSA) is 105 Å². The molecule has 0 spiro atoms. The molecule has 0 aliphatic heterocycles. The smallest absolute Gasteiger partial charge is 0.408 e. The molecule has 3 N–H and O–H groups in total. The number of nitrogens with one attached hydrogen (secondary N) is 2. The van der Waals surface area contributed by atoms with Crippen molar-refractivity contribution in [3.05, 3.63) is 59.7 Å². The van der Waals surface area contributed by atoms with Gasteiger partial charge in [0.25, 0.3) is 0 Å². The molecule has 2 aromatic carbocycles. The molecule has 188 valence electrons. The summed E-state index contributed by atoms with van der Waals surface area (Å²) in [4.78, 5) is 37.3. The molecule has 0 heterocycles. The number of aliphatic carboxylic acids is 1. The molecule has 0 bridgehead atoms. The molecular formula is C28H36N2O5. The van der Waals surface area contributed by atoms with Crippen LogP contribution in [0.1, 0.15) is 76.3 Å². The minimum Gasteiger partial charge on any atom is -0.481 e. The fraction of sp³-hybridized carbons (Fsp3) is 0.464. The lowest BCUT2D eigenvalue weighted by molar-refractivity contribution is -0.138. The molecule has 2 aromatic rings. The van der Waals surface area contributed by atoms with E-state index in [1.54, 1.807) is 6.92 Å². The van der Waals surface area contributed by atoms with Crippen molar-refractivity contribution in [1.82, 2.24) is 10.6 Å². The van der Waals surface area contributed by atoms with Crippen LogP contribution < -0.4 is 10.6 Å². The Morgan fingerprint density at radius 1 is 1.00 bits per heavy atom. The van der Waals surface area contributed by atoms with Gasteiger partial charge in [-0.3, -0.25) is 9.59 Å². The summed E-state index contributed by atoms with van der Waals surface area (Å²) < 4.78 is 5.64. The summed E-state index contributed by atoms with van der Waals surface area (Å²) in [6, 6.07) is 15.7. The Kier molecular flexibility index (Phi) is 8.90. The number of benzene rings is 2. The summed E-state index contributed by atoms with van der Waals surface area (Å²) in [5.74, 6) is -1.43. The lowest BCUT2D eigenvalue weighted by atomic mass is 9.94. The Balaban J connectivity index is 1.67. The van der Waals surface area contributed by atoms with Gasteiger partial charge in [-0.25, -0.2) is 4.79 Å². The van der Waals surface area contributed by atoms with E-state index in [9.17, 15) is 19.5 Å². The van der Waals surface area contributed by atoms with Gasteiger partial charge in [0.05, 0.1) is 6.42 Å². The Hall–Kier alpha value is -3.35. The number of unbranched alkanes of at least 4 members (excludes halogenated alkanes) is 1. The predicted octanol–water partition coefficient (Wildman–Crippen LogP) is 5.23. The first-order valence-electron chi connectivity index (χ1n) is 12.4. The van der Waals surface area contributed by atoms with E-state index in [1.807, 2.05) is 38.1 Å². The first-order chi connectivity index (χ1) is 16.8. The highest BCUT2D eigenvalue weighted by Crippen LogP contribution is 2.44. The molecule has 0 saturated carbocycles. The van der Waals surface area contributed by atoms with Crippen LogP contribution in [0.3, 0.4) is 0 Å². The Labute approximate surface area is 207 Å². The number of carboxylic acids is 1. The Bertz CT molecular complexity index is 1010. The molecule has 7 heteroatoms. The number of hydrogen-bond acceptors (Lipinski definition) is 4. The van der Waals surface area contributed by atoms with Crippen molar-refractivity contribution < 1.29 is 24.2 Å². The third-order valence-corrected chi connectivity index (χ3v) is 6.64. The highest BCUT2D eigenvalue weighted by Gasteiger charge is 2.37. The van der Waals surface area contributed by atoms with Gasteiger partial charge in [0.1, 0.15) is 12.1 Å². The average molecular weight is 481 g/mol. The van der Waals surface area contributed by atoms with E-state index in [-0.39, 0.29) is 18.9 Å². The van der Waals surface area contributed by atoms with Crippen LogP contribution in [0.4, 0.5) is 4.79 Å². The largest absolute Gasteiger partial charge is 0.481 e. The number of carbonyl (C=O) groups is 3. The monoisotopic (exact) mass is 480 g/mol. The summed E-state index contributed by atoms with van der Waals surface area (Å²) in [6.07, 6.45) is 2.52. The molecular weight excluding hydrogens is 444 g/mol. The van der Waals surface area contributed by atoms with Gasteiger partial charge in [-0.1, -0.05) is 81.6 Å². The van der Waals surface area contributed by atoms with E-state index in [2.05, 4.69) is 34.9 Å². The normalized spacial score (nSPS) is 14.8. The molecule has 7 nitrogen and oxygen atoms in total. The second kappa shape index (κ2) is 11.9. The van der Waals surface area contributed by atoms with Crippen molar-refractivity contribution in [3.63, 3.8) is 0 Å². The second-order valence-corrected chi connectivity index (χ2v) is 9.44. The Morgan fingerprint density at radius 2 is 1.60 bits per heavy atom. The van der Waals surface area contributed by atoms with Crippen LogP contribution in [0.25, 0.3) is 11.1 Å². The number of amides is 2. The SMILES string of the molecule is CCCC[C@H](CC(=O)O)NC(=O)C(C)(CCC)NC(=O)OCC1c2ccccc2-c2ccccc21. The van der Waals surface area contributed by atoms with E-state index in [1.165, 1.54) is 0 Å². The van der Waals surface area contributed by atoms with Crippen molar-refractivity contribution in [2.24, 2.45) is 0 Å². The summed E-state index contributed by atoms with van der Waals surface area (Å²) >= 11 is 0. The molecule has 0 saturated heterocycles. The van der Waals surface area contributed by atoms with E-state index in [0.29, 0.717) is 19.3 Å². The molecule has 0 aromatic heterocycles. The lowest BCUT2D eigenvalue weighted by Crippen LogP contribution is -2.58. The van der Waals surface area contributed by atoms with E-state index >= 15 is 0 Å². The lowest BCUT2D eigenvalue weighted by Gasteiger charge is -2.31. The van der Waals surface area contributed by atoms with E-state index in [4.69, 9.17) is 4.74 Å². The molecule has 0 fully saturated rings. The summed E-state index contributed by atoms with van der Waals surface area (Å²) in [5.41, 5.74) is 3.30. The average Bonchev–Trinajstić information content (AvgIpc) is 3.14. The summed E-state index contributed by atoms with van der Waals surface area (Å²) in [6.45, 7) is 5.75. The van der Waals surface area contributed by atoms with E-state index < -0.39 is 29.6 Å². The van der Waals surface area contributed by atoms with Crippen LogP contribution >= 0.6 is 0 Å². The van der Waals surface area contributed by atoms with Crippen LogP contribution in [0.15, 0.2) is 48.5 Å². The molecule has 2 amide bonds. The summed E-state index contributed by atoms with van der Waals surface area (Å²) in [7, 11) is 0. The van der Waals surface area contributed by atoms with E-state index in [0.717, 1.165) is 35.1 Å². The molecule has 2 atom stereocenters. The molecule has 35 heavy (non-hydrogen) atoms. The molecule has 1 aliphatic carbocycles. The maximum Gasteiger partial charge on any atom is 0.408 e. The second-order valence-electron chi connectivity index (χ2n) is 9.44. The van der Waals surface area contributed by atoms with Gasteiger partial charge in [0.15, 0.2) is 0 Å². The van der Waals surface area contributed by atoms with Gasteiger partial charge >= 0.3 is 12.1 Å². The van der Waals surface area contributed by atoms with Crippen molar-refractivity contribution in [3.8, 4) is 11.1 Å². The van der Waals surface area contributed by atoms with Crippen LogP contribution in [0.2, 0.25) is 0 Å². The predicted molar refractivity (Wildman–Crippen MR) is 135 cm³/mol. The number of rotatable bonds is 12. The first kappa shape index (κ1) is 26.3. The van der Waals surface area contributed by atoms with Crippen LogP contribution in [0, 0.1) is 0 Å². The van der Waals surface area contributed by atoms with Crippen molar-refractivity contribution in [2.75, 3.05) is 6.61 Å². The molecule has 1 aliphatic rings. The zero-order valence-corrected chi connectivity index (χ0v) is 20.8. The number of alkyl carbamates (subject to hydrolysis) is 1. The summed E-state index contributed by atoms with van der Waals surface area (Å²) in [5, 5.41) is 14.8. The zero-order valence-electron chi connectivity index (χ0n) is 20.8. The molecule has 0 radical (unpaired) electrons. The number of carbonyl (C=O) groups excluding carboxylic acids is 2. The minimum atomic E-state index is -1.21. The van der Waals surface area contributed by atoms with Gasteiger partial charge in [0.2, 0.25) is 5.91 Å². The van der Waals surface area contributed by atoms with Gasteiger partial charge in [0, 0.05) is 12.0 Å². The third-order valence-electron chi connectivity index (χ3n) is 6.64. The first-order valence-corrected chi connectivity index (χ1v) is 12.4. The third kappa shape index (κ3) is 6.41. The zero-order chi connectivity index (χ0) is 25.4. The van der Waals surface area contributed by atoms with Gasteiger partial charge < -0.3 is 20.5 Å². The van der Waals surface area contributed by atoms with Crippen molar-refractivity contribution >= 4 is 18.0 Å². The number of hydrogen-bond donors (Lipinski definition) is 3. The van der Waals surface area contributed by atoms with Crippen molar-refractivity contribution in [1.29, 1.82) is 0 Å². The molecule has 3 rings (SSSR count).